The molecule has 0 spiro atoms. The van der Waals surface area contributed by atoms with Crippen molar-refractivity contribution in [2.75, 3.05) is 0 Å². The minimum Gasteiger partial charge on any atom is -0.481 e. The van der Waals surface area contributed by atoms with E-state index in [2.05, 4.69) is 9.51 Å². The van der Waals surface area contributed by atoms with Crippen molar-refractivity contribution in [3.05, 3.63) is 30.1 Å². The Morgan fingerprint density at radius 1 is 1.30 bits per heavy atom. The standard InChI is InChI=1S/C11H14NO7P/c13-9(14)1-4-11(10(15)16,19-20(17)18)7-8-2-5-12-6-3-8/h2-3,5-6,20H,1,4,7H2,(H,13,14)(H,15,16)(H,17,18). The highest BCUT2D eigenvalue weighted by molar-refractivity contribution is 7.32. The van der Waals surface area contributed by atoms with Crippen LogP contribution in [0.15, 0.2) is 24.5 Å². The molecule has 1 aromatic rings. The van der Waals surface area contributed by atoms with Crippen LogP contribution in [0.3, 0.4) is 0 Å². The highest BCUT2D eigenvalue weighted by Crippen LogP contribution is 2.33. The van der Waals surface area contributed by atoms with Crippen molar-refractivity contribution < 1.29 is 33.8 Å². The first-order chi connectivity index (χ1) is 9.35. The predicted octanol–water partition coefficient (Wildman–Crippen LogP) is 0.711. The molecule has 1 heterocycles. The first kappa shape index (κ1) is 16.3. The summed E-state index contributed by atoms with van der Waals surface area (Å²) >= 11 is 0. The zero-order valence-electron chi connectivity index (χ0n) is 10.4. The summed E-state index contributed by atoms with van der Waals surface area (Å²) in [5.41, 5.74) is -1.54. The lowest BCUT2D eigenvalue weighted by Gasteiger charge is -2.27. The smallest absolute Gasteiger partial charge is 0.336 e. The lowest BCUT2D eigenvalue weighted by atomic mass is 9.90. The van der Waals surface area contributed by atoms with E-state index in [0.29, 0.717) is 5.56 Å². The van der Waals surface area contributed by atoms with Crippen LogP contribution < -0.4 is 0 Å². The molecule has 110 valence electrons. The summed E-state index contributed by atoms with van der Waals surface area (Å²) in [5, 5.41) is 17.9. The van der Waals surface area contributed by atoms with Gasteiger partial charge < -0.3 is 15.1 Å². The number of aromatic nitrogens is 1. The number of hydrogen-bond acceptors (Lipinski definition) is 5. The van der Waals surface area contributed by atoms with Crippen LogP contribution >= 0.6 is 8.25 Å². The Bertz CT molecular complexity index is 507. The molecule has 0 aliphatic carbocycles. The highest BCUT2D eigenvalue weighted by atomic mass is 31.1. The topological polar surface area (TPSA) is 134 Å². The largest absolute Gasteiger partial charge is 0.481 e. The third-order valence-electron chi connectivity index (χ3n) is 2.65. The van der Waals surface area contributed by atoms with Crippen molar-refractivity contribution in [1.82, 2.24) is 4.98 Å². The van der Waals surface area contributed by atoms with Crippen molar-refractivity contribution in [2.45, 2.75) is 24.9 Å². The van der Waals surface area contributed by atoms with E-state index in [1.54, 1.807) is 0 Å². The molecule has 0 amide bonds. The van der Waals surface area contributed by atoms with Gasteiger partial charge >= 0.3 is 20.2 Å². The number of carboxylic acid groups (broad SMARTS) is 2. The Balaban J connectivity index is 3.04. The summed E-state index contributed by atoms with van der Waals surface area (Å²) in [4.78, 5) is 34.7. The van der Waals surface area contributed by atoms with Crippen LogP contribution in [0.4, 0.5) is 0 Å². The van der Waals surface area contributed by atoms with E-state index in [1.807, 2.05) is 0 Å². The molecule has 0 aliphatic heterocycles. The van der Waals surface area contributed by atoms with Crippen LogP contribution in [-0.2, 0) is 25.1 Å². The fourth-order valence-corrected chi connectivity index (χ4v) is 2.30. The quantitative estimate of drug-likeness (QED) is 0.598. The maximum atomic E-state index is 11.4. The average molecular weight is 303 g/mol. The van der Waals surface area contributed by atoms with E-state index in [-0.39, 0.29) is 6.42 Å². The molecule has 8 nitrogen and oxygen atoms in total. The van der Waals surface area contributed by atoms with Gasteiger partial charge in [-0.2, -0.15) is 0 Å². The summed E-state index contributed by atoms with van der Waals surface area (Å²) in [5.74, 6) is -2.70. The molecule has 0 radical (unpaired) electrons. The van der Waals surface area contributed by atoms with Crippen molar-refractivity contribution in [2.24, 2.45) is 0 Å². The molecule has 20 heavy (non-hydrogen) atoms. The number of carboxylic acids is 2. The van der Waals surface area contributed by atoms with Crippen LogP contribution in [0.1, 0.15) is 18.4 Å². The molecule has 0 fully saturated rings. The zero-order valence-corrected chi connectivity index (χ0v) is 11.4. The van der Waals surface area contributed by atoms with Gasteiger partial charge in [-0.1, -0.05) is 0 Å². The van der Waals surface area contributed by atoms with Crippen LogP contribution in [0.5, 0.6) is 0 Å². The van der Waals surface area contributed by atoms with Crippen molar-refractivity contribution in [3.8, 4) is 0 Å². The predicted molar refractivity (Wildman–Crippen MR) is 67.5 cm³/mol. The fourth-order valence-electron chi connectivity index (χ4n) is 1.71. The molecule has 0 saturated heterocycles. The maximum absolute atomic E-state index is 11.4. The Kier molecular flexibility index (Phi) is 5.82. The minimum atomic E-state index is -3.54. The first-order valence-corrected chi connectivity index (χ1v) is 6.88. The number of pyridine rings is 1. The monoisotopic (exact) mass is 303 g/mol. The number of rotatable bonds is 8. The Labute approximate surface area is 115 Å². The number of nitrogens with zero attached hydrogens (tertiary/aromatic N) is 1. The number of aliphatic carboxylic acids is 2. The number of hydrogen-bond donors (Lipinski definition) is 3. The van der Waals surface area contributed by atoms with E-state index in [1.165, 1.54) is 24.5 Å². The van der Waals surface area contributed by atoms with Gasteiger partial charge in [0.05, 0.1) is 0 Å². The molecule has 1 aromatic heterocycles. The molecule has 1 rings (SSSR count). The van der Waals surface area contributed by atoms with E-state index in [9.17, 15) is 19.3 Å². The zero-order chi connectivity index (χ0) is 15.2. The summed E-state index contributed by atoms with van der Waals surface area (Å²) in [6, 6.07) is 3.05. The van der Waals surface area contributed by atoms with Gasteiger partial charge in [0, 0.05) is 25.2 Å². The molecule has 0 aromatic carbocycles. The molecule has 0 bridgehead atoms. The van der Waals surface area contributed by atoms with Gasteiger partial charge in [-0.15, -0.1) is 0 Å². The van der Waals surface area contributed by atoms with Gasteiger partial charge in [0.1, 0.15) is 0 Å². The third-order valence-corrected chi connectivity index (χ3v) is 3.22. The van der Waals surface area contributed by atoms with Crippen LogP contribution in [-0.4, -0.2) is 37.6 Å². The molecule has 9 heteroatoms. The second-order valence-electron chi connectivity index (χ2n) is 4.09. The molecule has 0 saturated carbocycles. The normalized spacial score (nSPS) is 15.2. The molecular weight excluding hydrogens is 289 g/mol. The van der Waals surface area contributed by atoms with Crippen molar-refractivity contribution in [3.63, 3.8) is 0 Å². The average Bonchev–Trinajstić information content (AvgIpc) is 2.36. The van der Waals surface area contributed by atoms with Gasteiger partial charge in [0.25, 0.3) is 0 Å². The second-order valence-corrected chi connectivity index (χ2v) is 4.83. The Morgan fingerprint density at radius 2 is 1.90 bits per heavy atom. The summed E-state index contributed by atoms with van der Waals surface area (Å²) in [7, 11) is -3.54. The highest BCUT2D eigenvalue weighted by Gasteiger charge is 2.42. The van der Waals surface area contributed by atoms with Crippen LogP contribution in [0.25, 0.3) is 0 Å². The third kappa shape index (κ3) is 4.73. The first-order valence-electron chi connectivity index (χ1n) is 5.62. The summed E-state index contributed by atoms with van der Waals surface area (Å²) in [6.45, 7) is 0. The molecule has 2 atom stereocenters. The van der Waals surface area contributed by atoms with Gasteiger partial charge in [0.15, 0.2) is 5.60 Å². The van der Waals surface area contributed by atoms with Gasteiger partial charge in [0.2, 0.25) is 0 Å². The molecule has 0 aliphatic rings. The molecule has 3 N–H and O–H groups in total. The lowest BCUT2D eigenvalue weighted by Crippen LogP contribution is -2.42. The van der Waals surface area contributed by atoms with Crippen molar-refractivity contribution in [1.29, 1.82) is 0 Å². The Hall–Kier alpha value is -1.76. The van der Waals surface area contributed by atoms with Crippen molar-refractivity contribution >= 4 is 20.2 Å². The lowest BCUT2D eigenvalue weighted by molar-refractivity contribution is -0.157. The summed E-state index contributed by atoms with van der Waals surface area (Å²) in [6.07, 6.45) is 1.72. The number of carbonyl (C=O) groups is 2. The maximum Gasteiger partial charge on any atom is 0.336 e. The van der Waals surface area contributed by atoms with E-state index >= 15 is 0 Å². The minimum absolute atomic E-state index is 0.227. The fraction of sp³-hybridized carbons (Fsp3) is 0.364. The summed E-state index contributed by atoms with van der Waals surface area (Å²) < 4.78 is 15.6. The van der Waals surface area contributed by atoms with Crippen LogP contribution in [0.2, 0.25) is 0 Å². The van der Waals surface area contributed by atoms with Crippen LogP contribution in [0, 0.1) is 0 Å². The SMILES string of the molecule is O=C(O)CCC(Cc1ccncc1)(O[PH](=O)O)C(=O)O. The van der Waals surface area contributed by atoms with E-state index in [0.717, 1.165) is 0 Å². The van der Waals surface area contributed by atoms with Gasteiger partial charge in [-0.3, -0.25) is 18.9 Å². The molecular formula is C11H14NO7P. The molecule has 2 unspecified atom stereocenters. The van der Waals surface area contributed by atoms with E-state index < -0.39 is 38.6 Å². The van der Waals surface area contributed by atoms with Gasteiger partial charge in [-0.05, 0) is 24.1 Å². The van der Waals surface area contributed by atoms with E-state index in [4.69, 9.17) is 10.00 Å². The Morgan fingerprint density at radius 3 is 2.35 bits per heavy atom. The van der Waals surface area contributed by atoms with Gasteiger partial charge in [-0.25, -0.2) is 4.79 Å². The second kappa shape index (κ2) is 7.14.